The number of hydrogen-bond donors (Lipinski definition) is 0. The lowest BCUT2D eigenvalue weighted by molar-refractivity contribution is 0.768. The van der Waals surface area contributed by atoms with Gasteiger partial charge in [0, 0.05) is 18.8 Å². The highest BCUT2D eigenvalue weighted by atomic mass is 16.1. The average molecular weight is 316 g/mol. The molecule has 2 aromatic carbocycles. The van der Waals surface area contributed by atoms with Crippen LogP contribution in [0.5, 0.6) is 0 Å². The van der Waals surface area contributed by atoms with Crippen LogP contribution >= 0.6 is 0 Å². The highest BCUT2D eigenvalue weighted by molar-refractivity contribution is 5.93. The highest BCUT2D eigenvalue weighted by Gasteiger charge is 2.14. The molecule has 0 N–H and O–H groups in total. The minimum Gasteiger partial charge on any atom is -0.275 e. The van der Waals surface area contributed by atoms with Crippen LogP contribution in [0.25, 0.3) is 27.7 Å². The predicted molar refractivity (Wildman–Crippen MR) is 94.3 cm³/mol. The van der Waals surface area contributed by atoms with Gasteiger partial charge < -0.3 is 0 Å². The van der Waals surface area contributed by atoms with E-state index in [0.29, 0.717) is 16.7 Å². The standard InChI is InChI=1S/C19H16N4O/c1-13-21-17-10-6-9-16(14-11-20-22(2)12-14)18(17)19(24)23(13)15-7-4-3-5-8-15/h3-12H,1-2H3. The molecule has 0 saturated heterocycles. The monoisotopic (exact) mass is 316 g/mol. The summed E-state index contributed by atoms with van der Waals surface area (Å²) in [5.74, 6) is 0.669. The predicted octanol–water partition coefficient (Wildman–Crippen LogP) is 3.09. The van der Waals surface area contributed by atoms with Crippen LogP contribution in [0.15, 0.2) is 65.7 Å². The van der Waals surface area contributed by atoms with Crippen molar-refractivity contribution in [1.29, 1.82) is 0 Å². The number of fused-ring (bicyclic) bond motifs is 1. The second-order valence-electron chi connectivity index (χ2n) is 5.74. The minimum atomic E-state index is -0.0665. The van der Waals surface area contributed by atoms with Gasteiger partial charge in [0.05, 0.1) is 22.8 Å². The Kier molecular flexibility index (Phi) is 3.27. The zero-order valence-corrected chi connectivity index (χ0v) is 13.5. The molecule has 5 nitrogen and oxygen atoms in total. The SMILES string of the molecule is Cc1nc2cccc(-c3cnn(C)c3)c2c(=O)n1-c1ccccc1. The Labute approximate surface area is 138 Å². The summed E-state index contributed by atoms with van der Waals surface area (Å²) >= 11 is 0. The van der Waals surface area contributed by atoms with E-state index in [1.165, 1.54) is 0 Å². The van der Waals surface area contributed by atoms with Gasteiger partial charge in [0.25, 0.3) is 5.56 Å². The van der Waals surface area contributed by atoms with Crippen LogP contribution in [-0.2, 0) is 7.05 Å². The van der Waals surface area contributed by atoms with Gasteiger partial charge in [-0.2, -0.15) is 5.10 Å². The molecule has 0 fully saturated rings. The van der Waals surface area contributed by atoms with Crippen molar-refractivity contribution < 1.29 is 0 Å². The fourth-order valence-corrected chi connectivity index (χ4v) is 3.02. The molecule has 2 heterocycles. The lowest BCUT2D eigenvalue weighted by Gasteiger charge is -2.12. The molecular weight excluding hydrogens is 300 g/mol. The van der Waals surface area contributed by atoms with Crippen LogP contribution in [0.3, 0.4) is 0 Å². The highest BCUT2D eigenvalue weighted by Crippen LogP contribution is 2.25. The molecule has 0 aliphatic rings. The molecule has 0 bridgehead atoms. The number of rotatable bonds is 2. The summed E-state index contributed by atoms with van der Waals surface area (Å²) < 4.78 is 3.38. The van der Waals surface area contributed by atoms with E-state index in [-0.39, 0.29) is 5.56 Å². The summed E-state index contributed by atoms with van der Waals surface area (Å²) in [5.41, 5.74) is 3.21. The van der Waals surface area contributed by atoms with Crippen molar-refractivity contribution in [3.63, 3.8) is 0 Å². The number of aryl methyl sites for hydroxylation is 2. The Morgan fingerprint density at radius 1 is 1.00 bits per heavy atom. The van der Waals surface area contributed by atoms with Gasteiger partial charge in [-0.15, -0.1) is 0 Å². The number of para-hydroxylation sites is 1. The summed E-state index contributed by atoms with van der Waals surface area (Å²) in [7, 11) is 1.86. The molecule has 4 aromatic rings. The first-order valence-electron chi connectivity index (χ1n) is 7.72. The van der Waals surface area contributed by atoms with Gasteiger partial charge in [-0.25, -0.2) is 4.98 Å². The van der Waals surface area contributed by atoms with Gasteiger partial charge in [-0.3, -0.25) is 14.0 Å². The topological polar surface area (TPSA) is 52.7 Å². The third kappa shape index (κ3) is 2.22. The van der Waals surface area contributed by atoms with E-state index in [4.69, 9.17) is 0 Å². The third-order valence-electron chi connectivity index (χ3n) is 4.10. The number of benzene rings is 2. The van der Waals surface area contributed by atoms with Crippen LogP contribution < -0.4 is 5.56 Å². The van der Waals surface area contributed by atoms with E-state index >= 15 is 0 Å². The maximum absolute atomic E-state index is 13.2. The van der Waals surface area contributed by atoms with E-state index in [0.717, 1.165) is 16.8 Å². The van der Waals surface area contributed by atoms with E-state index in [1.54, 1.807) is 15.4 Å². The summed E-state index contributed by atoms with van der Waals surface area (Å²) in [6, 6.07) is 15.3. The smallest absolute Gasteiger partial charge is 0.266 e. The maximum atomic E-state index is 13.2. The largest absolute Gasteiger partial charge is 0.275 e. The van der Waals surface area contributed by atoms with Gasteiger partial charge in [0.2, 0.25) is 0 Å². The van der Waals surface area contributed by atoms with Crippen LogP contribution in [0.4, 0.5) is 0 Å². The lowest BCUT2D eigenvalue weighted by Crippen LogP contribution is -2.22. The maximum Gasteiger partial charge on any atom is 0.266 e. The lowest BCUT2D eigenvalue weighted by atomic mass is 10.0. The fraction of sp³-hybridized carbons (Fsp3) is 0.105. The van der Waals surface area contributed by atoms with Crippen molar-refractivity contribution in [2.45, 2.75) is 6.92 Å². The molecule has 0 aliphatic heterocycles. The quantitative estimate of drug-likeness (QED) is 0.571. The van der Waals surface area contributed by atoms with E-state index in [1.807, 2.05) is 68.7 Å². The van der Waals surface area contributed by atoms with E-state index < -0.39 is 0 Å². The van der Waals surface area contributed by atoms with Gasteiger partial charge in [0.1, 0.15) is 5.82 Å². The van der Waals surface area contributed by atoms with Gasteiger partial charge in [-0.1, -0.05) is 30.3 Å². The van der Waals surface area contributed by atoms with E-state index in [2.05, 4.69) is 10.1 Å². The Morgan fingerprint density at radius 3 is 2.50 bits per heavy atom. The molecule has 5 heteroatoms. The molecule has 0 radical (unpaired) electrons. The first-order chi connectivity index (χ1) is 11.6. The Bertz CT molecular complexity index is 1090. The average Bonchev–Trinajstić information content (AvgIpc) is 3.01. The number of hydrogen-bond acceptors (Lipinski definition) is 3. The van der Waals surface area contributed by atoms with Crippen LogP contribution in [0, 0.1) is 6.92 Å². The molecule has 0 unspecified atom stereocenters. The zero-order valence-electron chi connectivity index (χ0n) is 13.5. The number of aromatic nitrogens is 4. The fourth-order valence-electron chi connectivity index (χ4n) is 3.02. The van der Waals surface area contributed by atoms with Crippen molar-refractivity contribution in [1.82, 2.24) is 19.3 Å². The number of nitrogens with zero attached hydrogens (tertiary/aromatic N) is 4. The molecule has 0 atom stereocenters. The summed E-state index contributed by atoms with van der Waals surface area (Å²) in [4.78, 5) is 17.9. The summed E-state index contributed by atoms with van der Waals surface area (Å²) in [6.07, 6.45) is 3.67. The van der Waals surface area contributed by atoms with Crippen LogP contribution in [-0.4, -0.2) is 19.3 Å². The zero-order chi connectivity index (χ0) is 16.7. The molecule has 2 aromatic heterocycles. The summed E-state index contributed by atoms with van der Waals surface area (Å²) in [5, 5.41) is 4.83. The van der Waals surface area contributed by atoms with Crippen molar-refractivity contribution >= 4 is 10.9 Å². The normalized spacial score (nSPS) is 11.1. The summed E-state index contributed by atoms with van der Waals surface area (Å²) in [6.45, 7) is 1.85. The third-order valence-corrected chi connectivity index (χ3v) is 4.10. The Hall–Kier alpha value is -3.21. The molecular formula is C19H16N4O. The first kappa shape index (κ1) is 14.4. The van der Waals surface area contributed by atoms with Crippen molar-refractivity contribution in [3.8, 4) is 16.8 Å². The molecule has 0 spiro atoms. The minimum absolute atomic E-state index is 0.0665. The van der Waals surface area contributed by atoms with Crippen molar-refractivity contribution in [2.24, 2.45) is 7.05 Å². The first-order valence-corrected chi connectivity index (χ1v) is 7.72. The molecule has 0 aliphatic carbocycles. The Morgan fingerprint density at radius 2 is 1.79 bits per heavy atom. The van der Waals surface area contributed by atoms with Gasteiger partial charge in [0.15, 0.2) is 0 Å². The van der Waals surface area contributed by atoms with Gasteiger partial charge in [-0.05, 0) is 30.7 Å². The van der Waals surface area contributed by atoms with Crippen LogP contribution in [0.1, 0.15) is 5.82 Å². The van der Waals surface area contributed by atoms with Crippen molar-refractivity contribution in [2.75, 3.05) is 0 Å². The van der Waals surface area contributed by atoms with Gasteiger partial charge >= 0.3 is 0 Å². The molecule has 24 heavy (non-hydrogen) atoms. The van der Waals surface area contributed by atoms with E-state index in [9.17, 15) is 4.79 Å². The van der Waals surface area contributed by atoms with Crippen molar-refractivity contribution in [3.05, 3.63) is 77.1 Å². The second-order valence-corrected chi connectivity index (χ2v) is 5.74. The molecule has 0 amide bonds. The second kappa shape index (κ2) is 5.45. The molecule has 4 rings (SSSR count). The van der Waals surface area contributed by atoms with Crippen LogP contribution in [0.2, 0.25) is 0 Å². The Balaban J connectivity index is 2.09. The molecule has 118 valence electrons. The molecule has 0 saturated carbocycles.